The van der Waals surface area contributed by atoms with Gasteiger partial charge >= 0.3 is 0 Å². The van der Waals surface area contributed by atoms with Crippen molar-refractivity contribution >= 4 is 23.0 Å². The lowest BCUT2D eigenvalue weighted by Crippen LogP contribution is -1.84. The number of hydrogen-bond donors (Lipinski definition) is 2. The summed E-state index contributed by atoms with van der Waals surface area (Å²) in [5, 5.41) is 3.03. The fourth-order valence-electron chi connectivity index (χ4n) is 1.63. The van der Waals surface area contributed by atoms with E-state index in [1.54, 1.807) is 0 Å². The van der Waals surface area contributed by atoms with Crippen molar-refractivity contribution in [1.29, 1.82) is 0 Å². The third kappa shape index (κ3) is 3.42. The second kappa shape index (κ2) is 6.35. The highest BCUT2D eigenvalue weighted by Gasteiger charge is 1.97. The molecule has 0 spiro atoms. The molecule has 1 aromatic heterocycles. The minimum atomic E-state index is 0.381. The summed E-state index contributed by atoms with van der Waals surface area (Å²) < 4.78 is 0. The number of anilines is 1. The van der Waals surface area contributed by atoms with Crippen LogP contribution in [-0.2, 0) is 0 Å². The number of aromatic nitrogens is 2. The number of benzene rings is 2. The Hall–Kier alpha value is -2.62. The van der Waals surface area contributed by atoms with Gasteiger partial charge in [-0.25, -0.2) is 4.98 Å². The average molecular weight is 253 g/mol. The molecule has 3 aromatic rings. The average Bonchev–Trinajstić information content (AvgIpc) is 2.92. The van der Waals surface area contributed by atoms with Gasteiger partial charge in [-0.3, -0.25) is 4.79 Å². The van der Waals surface area contributed by atoms with Gasteiger partial charge in [0.05, 0.1) is 11.0 Å². The van der Waals surface area contributed by atoms with Crippen molar-refractivity contribution in [3.8, 4) is 0 Å². The number of nitrogens with zero attached hydrogens (tertiary/aromatic N) is 1. The van der Waals surface area contributed by atoms with E-state index in [1.807, 2.05) is 61.6 Å². The van der Waals surface area contributed by atoms with E-state index in [9.17, 15) is 4.79 Å². The summed E-state index contributed by atoms with van der Waals surface area (Å²) in [6.45, 7) is 0. The molecule has 3 rings (SSSR count). The highest BCUT2D eigenvalue weighted by atomic mass is 16.1. The maximum Gasteiger partial charge on any atom is 0.185 e. The second-order valence-electron chi connectivity index (χ2n) is 3.87. The number of hydrogen-bond acceptors (Lipinski definition) is 3. The first-order chi connectivity index (χ1) is 9.33. The van der Waals surface area contributed by atoms with Crippen LogP contribution in [0.1, 0.15) is 10.6 Å². The fourth-order valence-corrected chi connectivity index (χ4v) is 1.63. The van der Waals surface area contributed by atoms with Gasteiger partial charge in [-0.15, -0.1) is 0 Å². The first kappa shape index (κ1) is 12.8. The van der Waals surface area contributed by atoms with Gasteiger partial charge in [-0.1, -0.05) is 30.3 Å². The van der Waals surface area contributed by atoms with Crippen LogP contribution in [0.4, 0.5) is 5.69 Å². The monoisotopic (exact) mass is 253 g/mol. The molecule has 4 nitrogen and oxygen atoms in total. The lowest BCUT2D eigenvalue weighted by Gasteiger charge is -1.94. The third-order valence-electron chi connectivity index (χ3n) is 2.58. The Kier molecular flexibility index (Phi) is 4.29. The normalized spacial score (nSPS) is 9.53. The number of carbonyl (C=O) groups is 1. The number of rotatable bonds is 2. The second-order valence-corrected chi connectivity index (χ2v) is 3.87. The van der Waals surface area contributed by atoms with Gasteiger partial charge < -0.3 is 10.3 Å². The maximum absolute atomic E-state index is 10.3. The zero-order chi connectivity index (χ0) is 13.5. The molecule has 1 heterocycles. The van der Waals surface area contributed by atoms with Crippen molar-refractivity contribution < 1.29 is 4.79 Å². The Labute approximate surface area is 111 Å². The van der Waals surface area contributed by atoms with E-state index >= 15 is 0 Å². The van der Waals surface area contributed by atoms with E-state index in [0.717, 1.165) is 16.7 Å². The lowest BCUT2D eigenvalue weighted by molar-refractivity contribution is 0.111. The summed E-state index contributed by atoms with van der Waals surface area (Å²) in [5.74, 6) is 0.381. The van der Waals surface area contributed by atoms with Crippen LogP contribution < -0.4 is 5.32 Å². The Morgan fingerprint density at radius 2 is 1.74 bits per heavy atom. The predicted octanol–water partition coefficient (Wildman–Crippen LogP) is 3.10. The largest absolute Gasteiger partial charge is 0.388 e. The van der Waals surface area contributed by atoms with Crippen LogP contribution in [0.3, 0.4) is 0 Å². The minimum absolute atomic E-state index is 0.381. The lowest BCUT2D eigenvalue weighted by atomic mass is 10.3. The number of imidazole rings is 1. The van der Waals surface area contributed by atoms with Crippen LogP contribution in [0, 0.1) is 0 Å². The van der Waals surface area contributed by atoms with Crippen LogP contribution in [-0.4, -0.2) is 23.3 Å². The topological polar surface area (TPSA) is 57.8 Å². The molecular formula is C15H15N3O. The molecule has 2 aromatic carbocycles. The molecule has 0 bridgehead atoms. The summed E-state index contributed by atoms with van der Waals surface area (Å²) in [6.07, 6.45) is 0.708. The molecule has 96 valence electrons. The molecule has 0 aliphatic heterocycles. The number of H-pyrrole nitrogens is 1. The van der Waals surface area contributed by atoms with Crippen molar-refractivity contribution in [3.63, 3.8) is 0 Å². The molecule has 0 fully saturated rings. The Morgan fingerprint density at radius 1 is 1.05 bits per heavy atom. The van der Waals surface area contributed by atoms with Crippen molar-refractivity contribution in [2.75, 3.05) is 12.4 Å². The number of para-hydroxylation sites is 3. The van der Waals surface area contributed by atoms with Gasteiger partial charge in [0.25, 0.3) is 0 Å². The minimum Gasteiger partial charge on any atom is -0.388 e. The van der Waals surface area contributed by atoms with Crippen LogP contribution in [0.5, 0.6) is 0 Å². The van der Waals surface area contributed by atoms with Crippen molar-refractivity contribution in [2.45, 2.75) is 0 Å². The van der Waals surface area contributed by atoms with Gasteiger partial charge in [0.1, 0.15) is 0 Å². The van der Waals surface area contributed by atoms with Gasteiger partial charge in [0.2, 0.25) is 0 Å². The Morgan fingerprint density at radius 3 is 2.32 bits per heavy atom. The van der Waals surface area contributed by atoms with Crippen LogP contribution >= 0.6 is 0 Å². The summed E-state index contributed by atoms with van der Waals surface area (Å²) >= 11 is 0. The number of nitrogens with one attached hydrogen (secondary N) is 2. The van der Waals surface area contributed by atoms with E-state index in [1.165, 1.54) is 0 Å². The van der Waals surface area contributed by atoms with E-state index in [0.29, 0.717) is 12.1 Å². The first-order valence-electron chi connectivity index (χ1n) is 5.96. The van der Waals surface area contributed by atoms with Crippen LogP contribution in [0.15, 0.2) is 54.6 Å². The quantitative estimate of drug-likeness (QED) is 0.690. The Bertz CT molecular complexity index is 614. The van der Waals surface area contributed by atoms with Gasteiger partial charge in [0.15, 0.2) is 12.1 Å². The fraction of sp³-hybridized carbons (Fsp3) is 0.0667. The molecule has 0 aliphatic rings. The molecular weight excluding hydrogens is 238 g/mol. The summed E-state index contributed by atoms with van der Waals surface area (Å²) in [5.41, 5.74) is 2.89. The maximum atomic E-state index is 10.3. The molecule has 4 heteroatoms. The molecule has 0 amide bonds. The van der Waals surface area contributed by atoms with Crippen LogP contribution in [0.2, 0.25) is 0 Å². The zero-order valence-corrected chi connectivity index (χ0v) is 10.6. The zero-order valence-electron chi connectivity index (χ0n) is 10.6. The number of aldehydes is 1. The molecule has 19 heavy (non-hydrogen) atoms. The van der Waals surface area contributed by atoms with E-state index in [2.05, 4.69) is 15.3 Å². The van der Waals surface area contributed by atoms with Gasteiger partial charge in [-0.05, 0) is 24.3 Å². The highest BCUT2D eigenvalue weighted by Crippen LogP contribution is 2.08. The standard InChI is InChI=1S/C8H6N2O.C7H9N/c11-5-8-9-6-3-1-2-4-7(6)10-8;1-8-7-5-3-2-4-6-7/h1-5H,(H,9,10);2-6,8H,1H3. The molecule has 0 aliphatic carbocycles. The summed E-state index contributed by atoms with van der Waals surface area (Å²) in [7, 11) is 1.91. The molecule has 0 unspecified atom stereocenters. The van der Waals surface area contributed by atoms with E-state index < -0.39 is 0 Å². The molecule has 0 saturated carbocycles. The number of aromatic amines is 1. The highest BCUT2D eigenvalue weighted by molar-refractivity contribution is 5.81. The summed E-state index contributed by atoms with van der Waals surface area (Å²) in [4.78, 5) is 17.2. The number of carbonyl (C=O) groups excluding carboxylic acids is 1. The van der Waals surface area contributed by atoms with Crippen molar-refractivity contribution in [1.82, 2.24) is 9.97 Å². The van der Waals surface area contributed by atoms with Gasteiger partial charge in [0, 0.05) is 12.7 Å². The van der Waals surface area contributed by atoms with Gasteiger partial charge in [-0.2, -0.15) is 0 Å². The smallest absolute Gasteiger partial charge is 0.185 e. The number of fused-ring (bicyclic) bond motifs is 1. The van der Waals surface area contributed by atoms with E-state index in [-0.39, 0.29) is 0 Å². The van der Waals surface area contributed by atoms with E-state index in [4.69, 9.17) is 0 Å². The SMILES string of the molecule is CNc1ccccc1.O=Cc1nc2ccccc2[nH]1. The molecule has 0 radical (unpaired) electrons. The van der Waals surface area contributed by atoms with Crippen molar-refractivity contribution in [2.24, 2.45) is 0 Å². The first-order valence-corrected chi connectivity index (χ1v) is 5.96. The summed E-state index contributed by atoms with van der Waals surface area (Å²) in [6, 6.07) is 17.6. The van der Waals surface area contributed by atoms with Crippen molar-refractivity contribution in [3.05, 3.63) is 60.4 Å². The third-order valence-corrected chi connectivity index (χ3v) is 2.58. The van der Waals surface area contributed by atoms with Crippen LogP contribution in [0.25, 0.3) is 11.0 Å². The Balaban J connectivity index is 0.000000148. The molecule has 0 saturated heterocycles. The molecule has 2 N–H and O–H groups in total. The molecule has 0 atom stereocenters. The predicted molar refractivity (Wildman–Crippen MR) is 77.5 cm³/mol.